The van der Waals surface area contributed by atoms with Crippen molar-refractivity contribution in [3.05, 3.63) is 48.0 Å². The summed E-state index contributed by atoms with van der Waals surface area (Å²) < 4.78 is 11.1. The molecule has 1 aromatic rings. The number of carbonyl (C=O) groups excluding carboxylic acids is 3. The number of carbonyl (C=O) groups is 3. The molecule has 1 aliphatic heterocycles. The van der Waals surface area contributed by atoms with Crippen LogP contribution in [0.25, 0.3) is 0 Å². The number of esters is 2. The maximum atomic E-state index is 12.7. The molecule has 0 spiro atoms. The van der Waals surface area contributed by atoms with Gasteiger partial charge in [0.05, 0.1) is 12.0 Å². The van der Waals surface area contributed by atoms with Gasteiger partial charge in [0.25, 0.3) is 0 Å². The summed E-state index contributed by atoms with van der Waals surface area (Å²) in [7, 11) is 0. The Balaban J connectivity index is 1.76. The summed E-state index contributed by atoms with van der Waals surface area (Å²) in [5, 5.41) is 0. The van der Waals surface area contributed by atoms with Gasteiger partial charge in [-0.2, -0.15) is 0 Å². The van der Waals surface area contributed by atoms with E-state index in [-0.39, 0.29) is 36.1 Å². The van der Waals surface area contributed by atoms with Crippen LogP contribution in [0.1, 0.15) is 50.4 Å². The Bertz CT molecular complexity index is 872. The average molecular weight is 394 g/mol. The lowest BCUT2D eigenvalue weighted by Crippen LogP contribution is -2.26. The van der Waals surface area contributed by atoms with Gasteiger partial charge in [0.1, 0.15) is 12.2 Å². The molecule has 1 saturated heterocycles. The van der Waals surface area contributed by atoms with Gasteiger partial charge in [-0.15, -0.1) is 11.8 Å². The van der Waals surface area contributed by atoms with Crippen molar-refractivity contribution in [2.24, 2.45) is 17.3 Å². The highest BCUT2D eigenvalue weighted by Gasteiger charge is 2.50. The summed E-state index contributed by atoms with van der Waals surface area (Å²) in [6, 6.07) is 8.78. The van der Waals surface area contributed by atoms with E-state index in [1.54, 1.807) is 43.3 Å². The van der Waals surface area contributed by atoms with E-state index >= 15 is 0 Å². The van der Waals surface area contributed by atoms with Crippen LogP contribution in [0.15, 0.2) is 42.5 Å². The van der Waals surface area contributed by atoms with Crippen LogP contribution in [-0.2, 0) is 19.1 Å². The van der Waals surface area contributed by atoms with Gasteiger partial charge < -0.3 is 9.47 Å². The Morgan fingerprint density at radius 2 is 2.00 bits per heavy atom. The first-order valence-electron chi connectivity index (χ1n) is 9.89. The first-order valence-corrected chi connectivity index (χ1v) is 9.89. The van der Waals surface area contributed by atoms with Crippen LogP contribution in [0.3, 0.4) is 0 Å². The molecule has 0 unspecified atom stereocenters. The van der Waals surface area contributed by atoms with Crippen molar-refractivity contribution in [3.63, 3.8) is 0 Å². The Morgan fingerprint density at radius 3 is 2.69 bits per heavy atom. The van der Waals surface area contributed by atoms with Gasteiger partial charge in [-0.25, -0.2) is 4.79 Å². The average Bonchev–Trinajstić information content (AvgIpc) is 3.20. The second-order valence-corrected chi connectivity index (χ2v) is 8.23. The third kappa shape index (κ3) is 4.76. The molecule has 0 amide bonds. The molecule has 3 rings (SSSR count). The van der Waals surface area contributed by atoms with Crippen LogP contribution >= 0.6 is 0 Å². The second-order valence-electron chi connectivity index (χ2n) is 8.23. The maximum Gasteiger partial charge on any atom is 0.338 e. The molecule has 1 aliphatic carbocycles. The molecule has 5 heteroatoms. The highest BCUT2D eigenvalue weighted by atomic mass is 16.6. The lowest BCUT2D eigenvalue weighted by Gasteiger charge is -2.21. The minimum atomic E-state index is -0.601. The predicted molar refractivity (Wildman–Crippen MR) is 108 cm³/mol. The van der Waals surface area contributed by atoms with E-state index < -0.39 is 17.5 Å². The van der Waals surface area contributed by atoms with Crippen molar-refractivity contribution in [2.45, 2.75) is 52.2 Å². The van der Waals surface area contributed by atoms with E-state index in [0.717, 1.165) is 0 Å². The van der Waals surface area contributed by atoms with Crippen LogP contribution in [0.5, 0.6) is 0 Å². The van der Waals surface area contributed by atoms with Crippen LogP contribution in [0.2, 0.25) is 0 Å². The predicted octanol–water partition coefficient (Wildman–Crippen LogP) is 3.73. The SMILES string of the molecule is CC#CCC(C)(C)C(=O)C=C[C@@H]1[C@H]2CC(=O)O[C@H]2C[C@H]1OC(=O)c1ccccc1. The highest BCUT2D eigenvalue weighted by Crippen LogP contribution is 2.43. The number of fused-ring (bicyclic) bond motifs is 1. The largest absolute Gasteiger partial charge is 0.462 e. The van der Waals surface area contributed by atoms with Gasteiger partial charge >= 0.3 is 11.9 Å². The number of allylic oxidation sites excluding steroid dienone is 1. The number of hydrogen-bond acceptors (Lipinski definition) is 5. The smallest absolute Gasteiger partial charge is 0.338 e. The summed E-state index contributed by atoms with van der Waals surface area (Å²) in [6.07, 6.45) is 3.82. The molecule has 1 heterocycles. The summed E-state index contributed by atoms with van der Waals surface area (Å²) in [4.78, 5) is 36.9. The fraction of sp³-hybridized carbons (Fsp3) is 0.458. The molecule has 4 atom stereocenters. The van der Waals surface area contributed by atoms with E-state index in [1.807, 2.05) is 19.9 Å². The van der Waals surface area contributed by atoms with E-state index in [9.17, 15) is 14.4 Å². The van der Waals surface area contributed by atoms with Crippen molar-refractivity contribution in [1.82, 2.24) is 0 Å². The number of ether oxygens (including phenoxy) is 2. The zero-order chi connectivity index (χ0) is 21.0. The molecule has 152 valence electrons. The van der Waals surface area contributed by atoms with Gasteiger partial charge in [-0.05, 0) is 25.1 Å². The number of ketones is 1. The van der Waals surface area contributed by atoms with Gasteiger partial charge in [0.2, 0.25) is 0 Å². The van der Waals surface area contributed by atoms with E-state index in [2.05, 4.69) is 11.8 Å². The first kappa shape index (κ1) is 20.9. The lowest BCUT2D eigenvalue weighted by molar-refractivity contribution is -0.141. The van der Waals surface area contributed by atoms with E-state index in [4.69, 9.17) is 9.47 Å². The Morgan fingerprint density at radius 1 is 1.28 bits per heavy atom. The fourth-order valence-electron chi connectivity index (χ4n) is 3.89. The van der Waals surface area contributed by atoms with Gasteiger partial charge in [-0.1, -0.05) is 38.1 Å². The summed E-state index contributed by atoms with van der Waals surface area (Å²) in [5.41, 5.74) is -0.130. The molecule has 2 aliphatic rings. The summed E-state index contributed by atoms with van der Waals surface area (Å²) in [5.74, 6) is 4.76. The second kappa shape index (κ2) is 8.65. The van der Waals surface area contributed by atoms with Crippen molar-refractivity contribution in [3.8, 4) is 11.8 Å². The summed E-state index contributed by atoms with van der Waals surface area (Å²) >= 11 is 0. The monoisotopic (exact) mass is 394 g/mol. The van der Waals surface area contributed by atoms with Crippen LogP contribution in [0, 0.1) is 29.1 Å². The number of hydrogen-bond donors (Lipinski definition) is 0. The molecule has 1 saturated carbocycles. The first-order chi connectivity index (χ1) is 13.8. The Kier molecular flexibility index (Phi) is 6.22. The Labute approximate surface area is 171 Å². The minimum Gasteiger partial charge on any atom is -0.462 e. The molecule has 2 fully saturated rings. The zero-order valence-electron chi connectivity index (χ0n) is 17.0. The maximum absolute atomic E-state index is 12.7. The van der Waals surface area contributed by atoms with E-state index in [0.29, 0.717) is 18.4 Å². The molecule has 29 heavy (non-hydrogen) atoms. The van der Waals surface area contributed by atoms with Gasteiger partial charge in [0, 0.05) is 30.1 Å². The Hall–Kier alpha value is -2.87. The quantitative estimate of drug-likeness (QED) is 0.418. The zero-order valence-corrected chi connectivity index (χ0v) is 17.0. The molecule has 0 radical (unpaired) electrons. The molecule has 0 aromatic heterocycles. The molecule has 0 N–H and O–H groups in total. The number of benzene rings is 1. The third-order valence-corrected chi connectivity index (χ3v) is 5.66. The third-order valence-electron chi connectivity index (χ3n) is 5.66. The number of rotatable bonds is 6. The standard InChI is InChI=1S/C24H26O5/c1-4-5-13-24(2,3)21(25)12-11-17-18-14-22(26)28-20(18)15-19(17)29-23(27)16-9-7-6-8-10-16/h6-12,17-20H,13-15H2,1-3H3/t17-,18-,19-,20+/m1/s1. The van der Waals surface area contributed by atoms with Crippen molar-refractivity contribution in [2.75, 3.05) is 0 Å². The van der Waals surface area contributed by atoms with Crippen molar-refractivity contribution < 1.29 is 23.9 Å². The highest BCUT2D eigenvalue weighted by molar-refractivity contribution is 5.94. The normalized spacial score (nSPS) is 25.8. The molecule has 5 nitrogen and oxygen atoms in total. The lowest BCUT2D eigenvalue weighted by atomic mass is 9.83. The molecule has 0 bridgehead atoms. The molecule has 1 aromatic carbocycles. The van der Waals surface area contributed by atoms with Gasteiger partial charge in [-0.3, -0.25) is 9.59 Å². The molecular weight excluding hydrogens is 368 g/mol. The molecular formula is C24H26O5. The van der Waals surface area contributed by atoms with E-state index in [1.165, 1.54) is 0 Å². The minimum absolute atomic E-state index is 0.0397. The van der Waals surface area contributed by atoms with Crippen molar-refractivity contribution in [1.29, 1.82) is 0 Å². The topological polar surface area (TPSA) is 69.7 Å². The fourth-order valence-corrected chi connectivity index (χ4v) is 3.89. The van der Waals surface area contributed by atoms with Gasteiger partial charge in [0.15, 0.2) is 5.78 Å². The summed E-state index contributed by atoms with van der Waals surface area (Å²) in [6.45, 7) is 5.46. The van der Waals surface area contributed by atoms with Crippen LogP contribution < -0.4 is 0 Å². The van der Waals surface area contributed by atoms with Crippen LogP contribution in [0.4, 0.5) is 0 Å². The van der Waals surface area contributed by atoms with Crippen LogP contribution in [-0.4, -0.2) is 29.9 Å². The van der Waals surface area contributed by atoms with Crippen molar-refractivity contribution >= 4 is 17.7 Å².